The summed E-state index contributed by atoms with van der Waals surface area (Å²) in [6.07, 6.45) is 0.0983. The van der Waals surface area contributed by atoms with Gasteiger partial charge in [-0.25, -0.2) is 0 Å². The smallest absolute Gasteiger partial charge is 0.273 e. The lowest BCUT2D eigenvalue weighted by Crippen LogP contribution is -2.26. The lowest BCUT2D eigenvalue weighted by molar-refractivity contribution is -0.385. The van der Waals surface area contributed by atoms with Crippen LogP contribution in [0.5, 0.6) is 0 Å². The molecule has 1 N–H and O–H groups in total. The Morgan fingerprint density at radius 2 is 2.28 bits per heavy atom. The van der Waals surface area contributed by atoms with E-state index in [1.165, 1.54) is 6.07 Å². The summed E-state index contributed by atoms with van der Waals surface area (Å²) < 4.78 is 6.21. The first-order chi connectivity index (χ1) is 8.54. The van der Waals surface area contributed by atoms with E-state index in [1.807, 2.05) is 13.8 Å². The zero-order valence-electron chi connectivity index (χ0n) is 10.5. The van der Waals surface area contributed by atoms with Gasteiger partial charge in [-0.3, -0.25) is 10.1 Å². The van der Waals surface area contributed by atoms with Gasteiger partial charge in [-0.15, -0.1) is 0 Å². The largest absolute Gasteiger partial charge is 0.377 e. The number of rotatable bonds is 7. The SMILES string of the molecule is CCOC(C)CNCc1cc(Br)ccc1[N+](=O)[O-]. The predicted octanol–water partition coefficient (Wildman–Crippen LogP) is 2.87. The van der Waals surface area contributed by atoms with Crippen molar-refractivity contribution in [1.29, 1.82) is 0 Å². The van der Waals surface area contributed by atoms with E-state index in [0.29, 0.717) is 25.3 Å². The molecule has 1 atom stereocenters. The second-order valence-electron chi connectivity index (χ2n) is 3.93. The Kier molecular flexibility index (Phi) is 6.24. The fourth-order valence-electron chi connectivity index (χ4n) is 1.63. The molecule has 1 aromatic rings. The maximum Gasteiger partial charge on any atom is 0.273 e. The van der Waals surface area contributed by atoms with Crippen molar-refractivity contribution in [2.75, 3.05) is 13.2 Å². The van der Waals surface area contributed by atoms with Crippen molar-refractivity contribution in [3.63, 3.8) is 0 Å². The Hall–Kier alpha value is -0.980. The molecule has 6 heteroatoms. The summed E-state index contributed by atoms with van der Waals surface area (Å²) in [4.78, 5) is 10.5. The molecule has 0 heterocycles. The van der Waals surface area contributed by atoms with Crippen molar-refractivity contribution in [2.24, 2.45) is 0 Å². The number of nitro groups is 1. The first-order valence-electron chi connectivity index (χ1n) is 5.79. The van der Waals surface area contributed by atoms with Crippen LogP contribution in [0.1, 0.15) is 19.4 Å². The van der Waals surface area contributed by atoms with Crippen molar-refractivity contribution in [3.05, 3.63) is 38.3 Å². The molecule has 0 fully saturated rings. The Bertz CT molecular complexity index is 412. The minimum atomic E-state index is -0.366. The molecule has 0 aliphatic rings. The number of benzene rings is 1. The zero-order chi connectivity index (χ0) is 13.5. The maximum atomic E-state index is 10.9. The summed E-state index contributed by atoms with van der Waals surface area (Å²) in [6.45, 7) is 5.69. The van der Waals surface area contributed by atoms with Crippen molar-refractivity contribution >= 4 is 21.6 Å². The molecular formula is C12H17BrN2O3. The van der Waals surface area contributed by atoms with E-state index < -0.39 is 0 Å². The van der Waals surface area contributed by atoms with Gasteiger partial charge < -0.3 is 10.1 Å². The molecule has 18 heavy (non-hydrogen) atoms. The lowest BCUT2D eigenvalue weighted by atomic mass is 10.2. The molecule has 0 saturated carbocycles. The molecule has 0 bridgehead atoms. The Labute approximate surface area is 115 Å². The van der Waals surface area contributed by atoms with Crippen LogP contribution in [0.3, 0.4) is 0 Å². The van der Waals surface area contributed by atoms with Crippen LogP contribution in [0.15, 0.2) is 22.7 Å². The van der Waals surface area contributed by atoms with Gasteiger partial charge in [-0.2, -0.15) is 0 Å². The van der Waals surface area contributed by atoms with Gasteiger partial charge in [0.05, 0.1) is 11.0 Å². The molecule has 0 aromatic heterocycles. The summed E-state index contributed by atoms with van der Waals surface area (Å²) in [7, 11) is 0. The third-order valence-corrected chi connectivity index (χ3v) is 2.93. The highest BCUT2D eigenvalue weighted by atomic mass is 79.9. The topological polar surface area (TPSA) is 64.4 Å². The van der Waals surface area contributed by atoms with Gasteiger partial charge in [0.1, 0.15) is 0 Å². The lowest BCUT2D eigenvalue weighted by Gasteiger charge is -2.12. The highest BCUT2D eigenvalue weighted by Crippen LogP contribution is 2.22. The molecular weight excluding hydrogens is 300 g/mol. The van der Waals surface area contributed by atoms with Crippen molar-refractivity contribution < 1.29 is 9.66 Å². The molecule has 0 amide bonds. The molecule has 1 aromatic carbocycles. The Morgan fingerprint density at radius 3 is 2.89 bits per heavy atom. The molecule has 5 nitrogen and oxygen atoms in total. The number of hydrogen-bond donors (Lipinski definition) is 1. The third-order valence-electron chi connectivity index (χ3n) is 2.44. The highest BCUT2D eigenvalue weighted by Gasteiger charge is 2.13. The van der Waals surface area contributed by atoms with Crippen LogP contribution in [-0.2, 0) is 11.3 Å². The van der Waals surface area contributed by atoms with Gasteiger partial charge in [-0.05, 0) is 26.0 Å². The van der Waals surface area contributed by atoms with Crippen molar-refractivity contribution in [1.82, 2.24) is 5.32 Å². The van der Waals surface area contributed by atoms with Crippen LogP contribution >= 0.6 is 15.9 Å². The quantitative estimate of drug-likeness (QED) is 0.620. The minimum absolute atomic E-state index is 0.0983. The second-order valence-corrected chi connectivity index (χ2v) is 4.84. The number of halogens is 1. The first-order valence-corrected chi connectivity index (χ1v) is 6.59. The molecule has 0 spiro atoms. The number of nitro benzene ring substituents is 1. The van der Waals surface area contributed by atoms with E-state index in [4.69, 9.17) is 4.74 Å². The van der Waals surface area contributed by atoms with Crippen molar-refractivity contribution in [2.45, 2.75) is 26.5 Å². The summed E-state index contributed by atoms with van der Waals surface area (Å²) in [5.41, 5.74) is 0.799. The van der Waals surface area contributed by atoms with E-state index in [-0.39, 0.29) is 16.7 Å². The molecule has 1 unspecified atom stereocenters. The van der Waals surface area contributed by atoms with Crippen LogP contribution in [0.25, 0.3) is 0 Å². The van der Waals surface area contributed by atoms with Gasteiger partial charge >= 0.3 is 0 Å². The van der Waals surface area contributed by atoms with Gasteiger partial charge in [0.25, 0.3) is 5.69 Å². The van der Waals surface area contributed by atoms with Gasteiger partial charge in [0.2, 0.25) is 0 Å². The average molecular weight is 317 g/mol. The van der Waals surface area contributed by atoms with E-state index in [1.54, 1.807) is 12.1 Å². The summed E-state index contributed by atoms with van der Waals surface area (Å²) in [6, 6.07) is 4.94. The average Bonchev–Trinajstić information content (AvgIpc) is 2.29. The minimum Gasteiger partial charge on any atom is -0.377 e. The zero-order valence-corrected chi connectivity index (χ0v) is 12.1. The van der Waals surface area contributed by atoms with Crippen LogP contribution in [-0.4, -0.2) is 24.2 Å². The standard InChI is InChI=1S/C12H17BrN2O3/c1-3-18-9(2)7-14-8-10-6-11(13)4-5-12(10)15(16)17/h4-6,9,14H,3,7-8H2,1-2H3. The molecule has 100 valence electrons. The van der Waals surface area contributed by atoms with Gasteiger partial charge in [0.15, 0.2) is 0 Å². The monoisotopic (exact) mass is 316 g/mol. The third kappa shape index (κ3) is 4.72. The number of ether oxygens (including phenoxy) is 1. The normalized spacial score (nSPS) is 12.4. The van der Waals surface area contributed by atoms with E-state index >= 15 is 0 Å². The fraction of sp³-hybridized carbons (Fsp3) is 0.500. The predicted molar refractivity (Wildman–Crippen MR) is 73.6 cm³/mol. The Morgan fingerprint density at radius 1 is 1.56 bits per heavy atom. The van der Waals surface area contributed by atoms with Gasteiger partial charge in [0, 0.05) is 35.8 Å². The van der Waals surface area contributed by atoms with E-state index in [2.05, 4.69) is 21.2 Å². The molecule has 0 radical (unpaired) electrons. The van der Waals surface area contributed by atoms with Crippen LogP contribution in [0.2, 0.25) is 0 Å². The molecule has 1 rings (SSSR count). The van der Waals surface area contributed by atoms with Crippen LogP contribution in [0.4, 0.5) is 5.69 Å². The summed E-state index contributed by atoms with van der Waals surface area (Å²) in [5, 5.41) is 14.0. The Balaban J connectivity index is 2.60. The van der Waals surface area contributed by atoms with E-state index in [9.17, 15) is 10.1 Å². The molecule has 0 aliphatic carbocycles. The molecule has 0 aliphatic heterocycles. The molecule has 0 saturated heterocycles. The van der Waals surface area contributed by atoms with Crippen LogP contribution in [0, 0.1) is 10.1 Å². The number of nitrogens with one attached hydrogen (secondary N) is 1. The van der Waals surface area contributed by atoms with Crippen LogP contribution < -0.4 is 5.32 Å². The van der Waals surface area contributed by atoms with Crippen molar-refractivity contribution in [3.8, 4) is 0 Å². The van der Waals surface area contributed by atoms with Gasteiger partial charge in [-0.1, -0.05) is 15.9 Å². The maximum absolute atomic E-state index is 10.9. The fourth-order valence-corrected chi connectivity index (χ4v) is 2.04. The number of hydrogen-bond acceptors (Lipinski definition) is 4. The summed E-state index contributed by atoms with van der Waals surface area (Å²) in [5.74, 6) is 0. The second kappa shape index (κ2) is 7.45. The van der Waals surface area contributed by atoms with E-state index in [0.717, 1.165) is 4.47 Å². The highest BCUT2D eigenvalue weighted by molar-refractivity contribution is 9.10. The number of nitrogens with zero attached hydrogens (tertiary/aromatic N) is 1. The first kappa shape index (κ1) is 15.1. The summed E-state index contributed by atoms with van der Waals surface area (Å²) >= 11 is 3.32.